The number of amides is 1. The number of aromatic nitrogens is 2. The molecule has 0 aliphatic carbocycles. The van der Waals surface area contributed by atoms with E-state index in [0.29, 0.717) is 22.4 Å². The molecule has 4 aromatic rings. The van der Waals surface area contributed by atoms with Crippen LogP contribution in [-0.4, -0.2) is 40.0 Å². The van der Waals surface area contributed by atoms with Crippen molar-refractivity contribution in [2.75, 3.05) is 30.3 Å². The van der Waals surface area contributed by atoms with Crippen LogP contribution in [0.1, 0.15) is 19.3 Å². The van der Waals surface area contributed by atoms with Gasteiger partial charge in [0.05, 0.1) is 29.3 Å². The Kier molecular flexibility index (Phi) is 6.25. The van der Waals surface area contributed by atoms with E-state index in [0.717, 1.165) is 37.3 Å². The Morgan fingerprint density at radius 3 is 2.35 bits per heavy atom. The highest BCUT2D eigenvalue weighted by molar-refractivity contribution is 5.94. The van der Waals surface area contributed by atoms with Crippen molar-refractivity contribution in [1.29, 1.82) is 0 Å². The minimum absolute atomic E-state index is 0.0591. The maximum absolute atomic E-state index is 13.1. The van der Waals surface area contributed by atoms with Crippen molar-refractivity contribution < 1.29 is 4.79 Å². The number of hydrogen-bond donors (Lipinski definition) is 2. The molecule has 0 spiro atoms. The Labute approximate surface area is 198 Å². The molecule has 172 valence electrons. The van der Waals surface area contributed by atoms with Crippen LogP contribution >= 0.6 is 0 Å². The third-order valence-corrected chi connectivity index (χ3v) is 6.11. The van der Waals surface area contributed by atoms with Crippen molar-refractivity contribution in [3.63, 3.8) is 0 Å². The molecule has 0 saturated carbocycles. The second-order valence-electron chi connectivity index (χ2n) is 8.43. The largest absolute Gasteiger partial charge is 0.373 e. The van der Waals surface area contributed by atoms with Crippen LogP contribution in [0.3, 0.4) is 0 Å². The van der Waals surface area contributed by atoms with Gasteiger partial charge in [-0.05, 0) is 43.5 Å². The van der Waals surface area contributed by atoms with E-state index in [1.54, 1.807) is 18.5 Å². The van der Waals surface area contributed by atoms with E-state index >= 15 is 0 Å². The smallest absolute Gasteiger partial charge is 0.241 e. The maximum Gasteiger partial charge on any atom is 0.241 e. The van der Waals surface area contributed by atoms with Crippen molar-refractivity contribution in [3.05, 3.63) is 89.3 Å². The van der Waals surface area contributed by atoms with Gasteiger partial charge >= 0.3 is 0 Å². The summed E-state index contributed by atoms with van der Waals surface area (Å²) in [7, 11) is 0. The molecule has 34 heavy (non-hydrogen) atoms. The number of nitrogens with zero attached hydrogens (tertiary/aromatic N) is 3. The van der Waals surface area contributed by atoms with Crippen molar-refractivity contribution in [2.24, 2.45) is 0 Å². The lowest BCUT2D eigenvalue weighted by molar-refractivity contribution is -0.130. The number of rotatable bonds is 6. The number of carbonyl (C=O) groups excluding carboxylic acids is 1. The zero-order valence-corrected chi connectivity index (χ0v) is 18.9. The highest BCUT2D eigenvalue weighted by Crippen LogP contribution is 2.29. The number of anilines is 3. The number of carbonyl (C=O) groups is 1. The van der Waals surface area contributed by atoms with Crippen molar-refractivity contribution >= 4 is 34.0 Å². The first kappa shape index (κ1) is 21.7. The van der Waals surface area contributed by atoms with Crippen molar-refractivity contribution in [2.45, 2.75) is 19.3 Å². The molecular weight excluding hydrogens is 426 g/mol. The number of nitrogens with one attached hydrogen (secondary N) is 2. The van der Waals surface area contributed by atoms with Gasteiger partial charge < -0.3 is 15.5 Å². The fourth-order valence-corrected chi connectivity index (χ4v) is 4.42. The van der Waals surface area contributed by atoms with Gasteiger partial charge in [-0.2, -0.15) is 0 Å². The summed E-state index contributed by atoms with van der Waals surface area (Å²) in [5.41, 5.74) is 2.94. The average molecular weight is 454 g/mol. The zero-order chi connectivity index (χ0) is 23.3. The monoisotopic (exact) mass is 453 g/mol. The van der Waals surface area contributed by atoms with Gasteiger partial charge in [-0.3, -0.25) is 19.1 Å². The van der Waals surface area contributed by atoms with Crippen LogP contribution in [0.2, 0.25) is 0 Å². The van der Waals surface area contributed by atoms with E-state index in [1.807, 2.05) is 70.1 Å². The van der Waals surface area contributed by atoms with Gasteiger partial charge in [0.15, 0.2) is 5.43 Å². The molecule has 0 unspecified atom stereocenters. The lowest BCUT2D eigenvalue weighted by atomic mass is 10.1. The number of pyridine rings is 2. The van der Waals surface area contributed by atoms with Crippen LogP contribution in [0.5, 0.6) is 0 Å². The zero-order valence-electron chi connectivity index (χ0n) is 18.9. The van der Waals surface area contributed by atoms with Gasteiger partial charge in [0.2, 0.25) is 5.91 Å². The molecule has 2 aromatic heterocycles. The topological polar surface area (TPSA) is 79.3 Å². The highest BCUT2D eigenvalue weighted by Gasteiger charge is 2.19. The van der Waals surface area contributed by atoms with Crippen LogP contribution in [0.25, 0.3) is 16.6 Å². The Hall–Kier alpha value is -4.13. The van der Waals surface area contributed by atoms with Gasteiger partial charge in [0.1, 0.15) is 5.82 Å². The average Bonchev–Trinajstić information content (AvgIpc) is 2.89. The lowest BCUT2D eigenvalue weighted by Crippen LogP contribution is -2.39. The van der Waals surface area contributed by atoms with Gasteiger partial charge in [-0.25, -0.2) is 0 Å². The summed E-state index contributed by atoms with van der Waals surface area (Å²) in [6.07, 6.45) is 6.52. The SMILES string of the molecule is O=C(CNc1cncc2c(=O)cc(Nc3ccccc3)n(-c3ccccc3)c12)N1CCCCC1. The number of benzene rings is 2. The lowest BCUT2D eigenvalue weighted by Gasteiger charge is -2.27. The van der Waals surface area contributed by atoms with Gasteiger partial charge in [0.25, 0.3) is 0 Å². The highest BCUT2D eigenvalue weighted by atomic mass is 16.2. The first-order chi connectivity index (χ1) is 16.7. The number of piperidine rings is 1. The van der Waals surface area contributed by atoms with E-state index < -0.39 is 0 Å². The molecule has 0 atom stereocenters. The van der Waals surface area contributed by atoms with E-state index in [2.05, 4.69) is 15.6 Å². The molecule has 0 radical (unpaired) electrons. The summed E-state index contributed by atoms with van der Waals surface area (Å²) in [6, 6.07) is 21.2. The summed E-state index contributed by atoms with van der Waals surface area (Å²) in [5.74, 6) is 0.690. The Bertz CT molecular complexity index is 1350. The third-order valence-electron chi connectivity index (χ3n) is 6.11. The maximum atomic E-state index is 13.1. The van der Waals surface area contributed by atoms with Crippen LogP contribution in [0, 0.1) is 0 Å². The van der Waals surface area contributed by atoms with E-state index in [1.165, 1.54) is 6.42 Å². The van der Waals surface area contributed by atoms with Gasteiger partial charge in [-0.1, -0.05) is 36.4 Å². The Morgan fingerprint density at radius 2 is 1.62 bits per heavy atom. The van der Waals surface area contributed by atoms with Crippen molar-refractivity contribution in [3.8, 4) is 5.69 Å². The molecule has 2 N–H and O–H groups in total. The summed E-state index contributed by atoms with van der Waals surface area (Å²) in [4.78, 5) is 32.1. The second kappa shape index (κ2) is 9.79. The molecule has 2 aromatic carbocycles. The summed E-state index contributed by atoms with van der Waals surface area (Å²) < 4.78 is 2.00. The Balaban J connectivity index is 1.60. The molecular formula is C27H27N5O2. The van der Waals surface area contributed by atoms with Gasteiger partial charge in [0, 0.05) is 36.7 Å². The van der Waals surface area contributed by atoms with Gasteiger partial charge in [-0.15, -0.1) is 0 Å². The molecule has 0 bridgehead atoms. The quantitative estimate of drug-likeness (QED) is 0.448. The van der Waals surface area contributed by atoms with E-state index in [9.17, 15) is 9.59 Å². The number of fused-ring (bicyclic) bond motifs is 1. The number of likely N-dealkylation sites (tertiary alicyclic amines) is 1. The standard InChI is InChI=1S/C27H27N5O2/c33-24-16-25(30-20-10-4-1-5-11-20)32(21-12-6-2-7-13-21)27-22(24)17-28-18-23(27)29-19-26(34)31-14-8-3-9-15-31/h1-2,4-7,10-13,16-18,29-30H,3,8-9,14-15,19H2. The predicted octanol–water partition coefficient (Wildman–Crippen LogP) is 4.55. The number of para-hydroxylation sites is 2. The summed E-state index contributed by atoms with van der Waals surface area (Å²) >= 11 is 0. The van der Waals surface area contributed by atoms with Crippen LogP contribution in [0.4, 0.5) is 17.2 Å². The molecule has 1 saturated heterocycles. The second-order valence-corrected chi connectivity index (χ2v) is 8.43. The van der Waals surface area contributed by atoms with E-state index in [-0.39, 0.29) is 17.9 Å². The first-order valence-electron chi connectivity index (χ1n) is 11.6. The molecule has 1 aliphatic heterocycles. The van der Waals surface area contributed by atoms with Crippen LogP contribution in [-0.2, 0) is 4.79 Å². The summed E-state index contributed by atoms with van der Waals surface area (Å²) in [5, 5.41) is 7.14. The minimum atomic E-state index is -0.140. The minimum Gasteiger partial charge on any atom is -0.373 e. The van der Waals surface area contributed by atoms with Crippen LogP contribution < -0.4 is 16.1 Å². The predicted molar refractivity (Wildman–Crippen MR) is 136 cm³/mol. The fourth-order valence-electron chi connectivity index (χ4n) is 4.42. The molecule has 7 heteroatoms. The summed E-state index contributed by atoms with van der Waals surface area (Å²) in [6.45, 7) is 1.75. The van der Waals surface area contributed by atoms with Crippen molar-refractivity contribution in [1.82, 2.24) is 14.5 Å². The normalized spacial score (nSPS) is 13.6. The van der Waals surface area contributed by atoms with Crippen LogP contribution in [0.15, 0.2) is 83.9 Å². The molecule has 1 amide bonds. The Morgan fingerprint density at radius 1 is 0.912 bits per heavy atom. The first-order valence-corrected chi connectivity index (χ1v) is 11.6. The number of hydrogen-bond acceptors (Lipinski definition) is 5. The fraction of sp³-hybridized carbons (Fsp3) is 0.222. The molecule has 1 fully saturated rings. The molecule has 5 rings (SSSR count). The molecule has 3 heterocycles. The molecule has 7 nitrogen and oxygen atoms in total. The van der Waals surface area contributed by atoms with E-state index in [4.69, 9.17) is 0 Å². The molecule has 1 aliphatic rings. The third kappa shape index (κ3) is 4.50.